The molecule has 0 aliphatic heterocycles. The van der Waals surface area contributed by atoms with Crippen LogP contribution in [-0.4, -0.2) is 34.5 Å². The van der Waals surface area contributed by atoms with Crippen LogP contribution in [0.1, 0.15) is 61.1 Å². The molecule has 0 saturated heterocycles. The molecule has 152 valence electrons. The first-order valence-corrected chi connectivity index (χ1v) is 9.26. The van der Waals surface area contributed by atoms with Gasteiger partial charge >= 0.3 is 0 Å². The van der Waals surface area contributed by atoms with Crippen LogP contribution < -0.4 is 21.9 Å². The number of amides is 2. The predicted octanol–water partition coefficient (Wildman–Crippen LogP) is 1.41. The lowest BCUT2D eigenvalue weighted by atomic mass is 9.91. The van der Waals surface area contributed by atoms with Crippen molar-refractivity contribution in [3.05, 3.63) is 33.2 Å². The van der Waals surface area contributed by atoms with Gasteiger partial charge in [-0.25, -0.2) is 0 Å². The van der Waals surface area contributed by atoms with Crippen molar-refractivity contribution in [3.8, 4) is 0 Å². The normalized spacial score (nSPS) is 19.3. The van der Waals surface area contributed by atoms with Gasteiger partial charge in [0.25, 0.3) is 11.5 Å². The molecule has 1 aromatic rings. The Kier molecular flexibility index (Phi) is 8.50. The van der Waals surface area contributed by atoms with Crippen LogP contribution in [0.2, 0.25) is 0 Å². The third-order valence-corrected chi connectivity index (χ3v) is 4.85. The van der Waals surface area contributed by atoms with Gasteiger partial charge in [-0.05, 0) is 58.9 Å². The average Bonchev–Trinajstić information content (AvgIpc) is 2.52. The second-order valence-electron chi connectivity index (χ2n) is 7.52. The van der Waals surface area contributed by atoms with Gasteiger partial charge in [-0.1, -0.05) is 0 Å². The molecular weight excluding hydrogens is 368 g/mol. The number of nitrogens with two attached hydrogens (primary N) is 1. The summed E-state index contributed by atoms with van der Waals surface area (Å²) < 4.78 is 1.36. The van der Waals surface area contributed by atoms with Crippen molar-refractivity contribution in [1.82, 2.24) is 15.2 Å². The van der Waals surface area contributed by atoms with Crippen molar-refractivity contribution in [3.63, 3.8) is 0 Å². The lowest BCUT2D eigenvalue weighted by Crippen LogP contribution is -2.42. The van der Waals surface area contributed by atoms with Gasteiger partial charge in [-0.3, -0.25) is 14.4 Å². The largest absolute Gasteiger partial charge is 0.352 e. The molecule has 0 aromatic carbocycles. The van der Waals surface area contributed by atoms with Gasteiger partial charge in [0, 0.05) is 29.9 Å². The Morgan fingerprint density at radius 1 is 1.22 bits per heavy atom. The van der Waals surface area contributed by atoms with Gasteiger partial charge < -0.3 is 20.9 Å². The molecule has 27 heavy (non-hydrogen) atoms. The first-order valence-electron chi connectivity index (χ1n) is 9.26. The Hall–Kier alpha value is -1.86. The molecule has 1 aliphatic carbocycles. The first kappa shape index (κ1) is 23.2. The number of hydrogen-bond acceptors (Lipinski definition) is 4. The molecule has 0 radical (unpaired) electrons. The number of rotatable bonds is 5. The summed E-state index contributed by atoms with van der Waals surface area (Å²) in [6.45, 7) is 7.08. The average molecular weight is 399 g/mol. The molecule has 7 nitrogen and oxygen atoms in total. The van der Waals surface area contributed by atoms with Crippen molar-refractivity contribution in [1.29, 1.82) is 0 Å². The molecule has 1 aliphatic rings. The number of hydrogen-bond donors (Lipinski definition) is 3. The third-order valence-electron chi connectivity index (χ3n) is 4.85. The van der Waals surface area contributed by atoms with Crippen molar-refractivity contribution >= 4 is 24.2 Å². The number of carbonyl (C=O) groups excluding carboxylic acids is 2. The van der Waals surface area contributed by atoms with E-state index in [1.165, 1.54) is 10.6 Å². The molecule has 1 fully saturated rings. The van der Waals surface area contributed by atoms with E-state index in [1.807, 2.05) is 13.8 Å². The van der Waals surface area contributed by atoms with E-state index in [0.717, 1.165) is 25.7 Å². The highest BCUT2D eigenvalue weighted by Gasteiger charge is 2.23. The summed E-state index contributed by atoms with van der Waals surface area (Å²) in [5, 5.41) is 5.83. The van der Waals surface area contributed by atoms with Gasteiger partial charge in [-0.15, -0.1) is 12.4 Å². The van der Waals surface area contributed by atoms with E-state index in [9.17, 15) is 14.4 Å². The quantitative estimate of drug-likeness (QED) is 0.697. The van der Waals surface area contributed by atoms with Crippen molar-refractivity contribution < 1.29 is 9.59 Å². The van der Waals surface area contributed by atoms with E-state index in [2.05, 4.69) is 10.6 Å². The maximum Gasteiger partial charge on any atom is 0.253 e. The van der Waals surface area contributed by atoms with Crippen LogP contribution in [0.15, 0.2) is 10.9 Å². The molecule has 2 amide bonds. The summed E-state index contributed by atoms with van der Waals surface area (Å²) in [5.41, 5.74) is 7.24. The Morgan fingerprint density at radius 3 is 2.37 bits per heavy atom. The Balaban J connectivity index is 0.00000364. The number of halogens is 1. The number of carbonyl (C=O) groups is 2. The highest BCUT2D eigenvalue weighted by molar-refractivity contribution is 5.97. The monoisotopic (exact) mass is 398 g/mol. The molecule has 1 saturated carbocycles. The lowest BCUT2D eigenvalue weighted by Gasteiger charge is -2.27. The molecule has 0 atom stereocenters. The van der Waals surface area contributed by atoms with Crippen LogP contribution in [0.5, 0.6) is 0 Å². The van der Waals surface area contributed by atoms with Crippen LogP contribution in [0.3, 0.4) is 0 Å². The zero-order chi connectivity index (χ0) is 19.4. The van der Waals surface area contributed by atoms with Gasteiger partial charge in [0.1, 0.15) is 6.54 Å². The molecular formula is C19H31ClN4O3. The Morgan fingerprint density at radius 2 is 1.81 bits per heavy atom. The van der Waals surface area contributed by atoms with Crippen LogP contribution >= 0.6 is 12.4 Å². The van der Waals surface area contributed by atoms with Gasteiger partial charge in [-0.2, -0.15) is 0 Å². The molecule has 4 N–H and O–H groups in total. The van der Waals surface area contributed by atoms with E-state index in [-0.39, 0.29) is 54.5 Å². The summed E-state index contributed by atoms with van der Waals surface area (Å²) >= 11 is 0. The van der Waals surface area contributed by atoms with E-state index >= 15 is 0 Å². The third kappa shape index (κ3) is 6.07. The SMILES string of the molecule is Cc1cc(=O)n(CC(=O)NC(C)C)c(C)c1C(=O)NC1CCC(N)CC1.Cl. The minimum Gasteiger partial charge on any atom is -0.352 e. The predicted molar refractivity (Wildman–Crippen MR) is 108 cm³/mol. The molecule has 8 heteroatoms. The van der Waals surface area contributed by atoms with Gasteiger partial charge in [0.15, 0.2) is 0 Å². The zero-order valence-electron chi connectivity index (χ0n) is 16.5. The number of aromatic nitrogens is 1. The minimum absolute atomic E-state index is 0. The molecule has 0 bridgehead atoms. The highest BCUT2D eigenvalue weighted by atomic mass is 35.5. The lowest BCUT2D eigenvalue weighted by molar-refractivity contribution is -0.122. The van der Waals surface area contributed by atoms with Crippen LogP contribution in [0.25, 0.3) is 0 Å². The molecule has 2 rings (SSSR count). The van der Waals surface area contributed by atoms with Crippen molar-refractivity contribution in [2.75, 3.05) is 0 Å². The maximum absolute atomic E-state index is 12.8. The molecule has 0 spiro atoms. The fourth-order valence-electron chi connectivity index (χ4n) is 3.49. The number of nitrogens with one attached hydrogen (secondary N) is 2. The van der Waals surface area contributed by atoms with E-state index in [4.69, 9.17) is 5.73 Å². The van der Waals surface area contributed by atoms with Crippen LogP contribution in [0.4, 0.5) is 0 Å². The Labute approximate surface area is 166 Å². The topological polar surface area (TPSA) is 106 Å². The van der Waals surface area contributed by atoms with Crippen LogP contribution in [0, 0.1) is 13.8 Å². The summed E-state index contributed by atoms with van der Waals surface area (Å²) in [6.07, 6.45) is 3.53. The zero-order valence-corrected chi connectivity index (χ0v) is 17.3. The highest BCUT2D eigenvalue weighted by Crippen LogP contribution is 2.18. The second kappa shape index (κ2) is 9.90. The van der Waals surface area contributed by atoms with Gasteiger partial charge in [0.05, 0.1) is 5.56 Å². The summed E-state index contributed by atoms with van der Waals surface area (Å²) in [5.74, 6) is -0.444. The fourth-order valence-corrected chi connectivity index (χ4v) is 3.49. The van der Waals surface area contributed by atoms with Gasteiger partial charge in [0.2, 0.25) is 5.91 Å². The molecule has 1 heterocycles. The number of nitrogens with zero attached hydrogens (tertiary/aromatic N) is 1. The van der Waals surface area contributed by atoms with E-state index in [0.29, 0.717) is 16.8 Å². The smallest absolute Gasteiger partial charge is 0.253 e. The molecule has 1 aromatic heterocycles. The summed E-state index contributed by atoms with van der Waals surface area (Å²) in [6, 6.07) is 1.73. The number of aryl methyl sites for hydroxylation is 1. The van der Waals surface area contributed by atoms with Crippen LogP contribution in [-0.2, 0) is 11.3 Å². The first-order chi connectivity index (χ1) is 12.2. The second-order valence-corrected chi connectivity index (χ2v) is 7.52. The molecule has 0 unspecified atom stereocenters. The van der Waals surface area contributed by atoms with E-state index < -0.39 is 0 Å². The maximum atomic E-state index is 12.8. The minimum atomic E-state index is -0.279. The summed E-state index contributed by atoms with van der Waals surface area (Å²) in [7, 11) is 0. The van der Waals surface area contributed by atoms with Crippen molar-refractivity contribution in [2.24, 2.45) is 5.73 Å². The fraction of sp³-hybridized carbons (Fsp3) is 0.632. The summed E-state index contributed by atoms with van der Waals surface area (Å²) in [4.78, 5) is 37.2. The number of pyridine rings is 1. The Bertz CT molecular complexity index is 737. The standard InChI is InChI=1S/C19H30N4O3.ClH/c1-11(2)21-16(24)10-23-13(4)18(12(3)9-17(23)25)19(26)22-15-7-5-14(20)6-8-15;/h9,11,14-15H,5-8,10,20H2,1-4H3,(H,21,24)(H,22,26);1H. The van der Waals surface area contributed by atoms with E-state index in [1.54, 1.807) is 13.8 Å². The van der Waals surface area contributed by atoms with Crippen molar-refractivity contribution in [2.45, 2.75) is 78.0 Å².